The van der Waals surface area contributed by atoms with Crippen LogP contribution < -0.4 is 5.32 Å². The van der Waals surface area contributed by atoms with E-state index in [9.17, 15) is 13.2 Å². The van der Waals surface area contributed by atoms with Gasteiger partial charge in [0.2, 0.25) is 5.91 Å². The summed E-state index contributed by atoms with van der Waals surface area (Å²) in [6.45, 7) is 4.04. The number of anilines is 1. The van der Waals surface area contributed by atoms with E-state index in [1.807, 2.05) is 41.5 Å². The number of hydrogen-bond acceptors (Lipinski definition) is 7. The zero-order chi connectivity index (χ0) is 21.1. The van der Waals surface area contributed by atoms with Crippen LogP contribution in [0.4, 0.5) is 5.13 Å². The van der Waals surface area contributed by atoms with Crippen LogP contribution in [0.25, 0.3) is 11.3 Å². The van der Waals surface area contributed by atoms with Gasteiger partial charge >= 0.3 is 0 Å². The molecular weight excluding hydrogens is 440 g/mol. The molecule has 0 aliphatic carbocycles. The molecule has 1 N–H and O–H groups in total. The number of amides is 1. The van der Waals surface area contributed by atoms with Crippen molar-refractivity contribution in [2.75, 3.05) is 38.0 Å². The van der Waals surface area contributed by atoms with Gasteiger partial charge in [0.05, 0.1) is 12.2 Å². The Hall–Kier alpha value is -2.11. The Balaban J connectivity index is 1.29. The minimum atomic E-state index is -3.43. The van der Waals surface area contributed by atoms with Gasteiger partial charge in [0.25, 0.3) is 10.0 Å². The SMILES string of the molecule is Cc1ccc(-c2csc(NC(=O)CN3CCN(S(=O)(=O)c4cccs4)CC3)n2)cc1. The molecule has 1 aromatic carbocycles. The van der Waals surface area contributed by atoms with Crippen molar-refractivity contribution in [1.29, 1.82) is 0 Å². The number of aromatic nitrogens is 1. The van der Waals surface area contributed by atoms with Gasteiger partial charge in [-0.3, -0.25) is 9.69 Å². The Morgan fingerprint density at radius 2 is 1.83 bits per heavy atom. The Bertz CT molecular complexity index is 1100. The maximum atomic E-state index is 12.6. The Kier molecular flexibility index (Phi) is 6.30. The molecule has 0 spiro atoms. The molecule has 158 valence electrons. The predicted octanol–water partition coefficient (Wildman–Crippen LogP) is 3.13. The van der Waals surface area contributed by atoms with Crippen LogP contribution in [0, 0.1) is 6.92 Å². The lowest BCUT2D eigenvalue weighted by molar-refractivity contribution is -0.117. The number of piperazine rings is 1. The van der Waals surface area contributed by atoms with Gasteiger partial charge in [0, 0.05) is 37.1 Å². The largest absolute Gasteiger partial charge is 0.301 e. The molecule has 30 heavy (non-hydrogen) atoms. The molecule has 0 bridgehead atoms. The highest BCUT2D eigenvalue weighted by Gasteiger charge is 2.29. The van der Waals surface area contributed by atoms with Gasteiger partial charge in [-0.25, -0.2) is 13.4 Å². The first-order valence-corrected chi connectivity index (χ1v) is 12.7. The fourth-order valence-corrected chi connectivity index (χ4v) is 6.52. The molecule has 10 heteroatoms. The Morgan fingerprint density at radius 1 is 1.10 bits per heavy atom. The number of carbonyl (C=O) groups is 1. The monoisotopic (exact) mass is 462 g/mol. The molecule has 1 saturated heterocycles. The minimum Gasteiger partial charge on any atom is -0.301 e. The van der Waals surface area contributed by atoms with Crippen LogP contribution in [0.15, 0.2) is 51.4 Å². The summed E-state index contributed by atoms with van der Waals surface area (Å²) >= 11 is 2.62. The summed E-state index contributed by atoms with van der Waals surface area (Å²) in [5.41, 5.74) is 3.04. The number of aryl methyl sites for hydroxylation is 1. The van der Waals surface area contributed by atoms with Crippen LogP contribution in [0.3, 0.4) is 0 Å². The summed E-state index contributed by atoms with van der Waals surface area (Å²) < 4.78 is 27.0. The van der Waals surface area contributed by atoms with Crippen LogP contribution in [0.2, 0.25) is 0 Å². The Labute approximate surface area is 184 Å². The third-order valence-electron chi connectivity index (χ3n) is 4.89. The molecule has 0 atom stereocenters. The zero-order valence-electron chi connectivity index (χ0n) is 16.4. The number of thiophene rings is 1. The average molecular weight is 463 g/mol. The molecule has 3 heterocycles. The maximum absolute atomic E-state index is 12.6. The topological polar surface area (TPSA) is 82.6 Å². The standard InChI is InChI=1S/C20H22N4O3S3/c1-15-4-6-16(7-5-15)17-14-29-20(21-17)22-18(25)13-23-8-10-24(11-9-23)30(26,27)19-3-2-12-28-19/h2-7,12,14H,8-11,13H2,1H3,(H,21,22,25). The van der Waals surface area contributed by atoms with Crippen LogP contribution in [-0.4, -0.2) is 61.2 Å². The first-order chi connectivity index (χ1) is 14.4. The quantitative estimate of drug-likeness (QED) is 0.609. The van der Waals surface area contributed by atoms with Crippen molar-refractivity contribution in [3.63, 3.8) is 0 Å². The third kappa shape index (κ3) is 4.79. The predicted molar refractivity (Wildman–Crippen MR) is 120 cm³/mol. The molecule has 1 amide bonds. The number of benzene rings is 1. The Morgan fingerprint density at radius 3 is 2.50 bits per heavy atom. The molecule has 0 unspecified atom stereocenters. The highest BCUT2D eigenvalue weighted by atomic mass is 32.2. The highest BCUT2D eigenvalue weighted by molar-refractivity contribution is 7.91. The second kappa shape index (κ2) is 8.94. The molecule has 1 fully saturated rings. The van der Waals surface area contributed by atoms with Gasteiger partial charge in [-0.1, -0.05) is 35.9 Å². The number of nitrogens with one attached hydrogen (secondary N) is 1. The van der Waals surface area contributed by atoms with E-state index in [1.165, 1.54) is 32.5 Å². The van der Waals surface area contributed by atoms with Crippen molar-refractivity contribution in [2.45, 2.75) is 11.1 Å². The van der Waals surface area contributed by atoms with E-state index in [0.29, 0.717) is 35.5 Å². The first-order valence-electron chi connectivity index (χ1n) is 9.50. The van der Waals surface area contributed by atoms with Crippen molar-refractivity contribution in [1.82, 2.24) is 14.2 Å². The van der Waals surface area contributed by atoms with E-state index < -0.39 is 10.0 Å². The maximum Gasteiger partial charge on any atom is 0.252 e. The number of hydrogen-bond donors (Lipinski definition) is 1. The lowest BCUT2D eigenvalue weighted by Crippen LogP contribution is -2.50. The van der Waals surface area contributed by atoms with Gasteiger partial charge in [-0.05, 0) is 18.4 Å². The van der Waals surface area contributed by atoms with E-state index in [2.05, 4.69) is 10.3 Å². The average Bonchev–Trinajstić information content (AvgIpc) is 3.41. The van der Waals surface area contributed by atoms with Crippen molar-refractivity contribution in [2.24, 2.45) is 0 Å². The van der Waals surface area contributed by atoms with Gasteiger partial charge in [-0.2, -0.15) is 4.31 Å². The van der Waals surface area contributed by atoms with E-state index in [-0.39, 0.29) is 12.5 Å². The van der Waals surface area contributed by atoms with Crippen molar-refractivity contribution in [3.05, 3.63) is 52.7 Å². The molecule has 1 aliphatic heterocycles. The number of nitrogens with zero attached hydrogens (tertiary/aromatic N) is 3. The smallest absolute Gasteiger partial charge is 0.252 e. The second-order valence-electron chi connectivity index (χ2n) is 7.06. The molecular formula is C20H22N4O3S3. The fourth-order valence-electron chi connectivity index (χ4n) is 3.22. The van der Waals surface area contributed by atoms with Gasteiger partial charge in [-0.15, -0.1) is 22.7 Å². The van der Waals surface area contributed by atoms with E-state index in [0.717, 1.165) is 11.3 Å². The summed E-state index contributed by atoms with van der Waals surface area (Å²) in [4.78, 5) is 18.9. The van der Waals surface area contributed by atoms with Crippen molar-refractivity contribution >= 4 is 43.7 Å². The molecule has 2 aromatic heterocycles. The molecule has 0 radical (unpaired) electrons. The summed E-state index contributed by atoms with van der Waals surface area (Å²) in [7, 11) is -3.43. The van der Waals surface area contributed by atoms with Gasteiger partial charge < -0.3 is 5.32 Å². The molecule has 4 rings (SSSR count). The highest BCUT2D eigenvalue weighted by Crippen LogP contribution is 2.25. The van der Waals surface area contributed by atoms with Crippen molar-refractivity contribution < 1.29 is 13.2 Å². The summed E-state index contributed by atoms with van der Waals surface area (Å²) in [5.74, 6) is -0.144. The van der Waals surface area contributed by atoms with E-state index in [4.69, 9.17) is 0 Å². The normalized spacial score (nSPS) is 15.9. The van der Waals surface area contributed by atoms with Crippen molar-refractivity contribution in [3.8, 4) is 11.3 Å². The number of rotatable bonds is 6. The number of sulfonamides is 1. The fraction of sp³-hybridized carbons (Fsp3) is 0.300. The number of carbonyl (C=O) groups excluding carboxylic acids is 1. The van der Waals surface area contributed by atoms with Crippen LogP contribution in [-0.2, 0) is 14.8 Å². The third-order valence-corrected chi connectivity index (χ3v) is 8.91. The molecule has 7 nitrogen and oxygen atoms in total. The van der Waals surface area contributed by atoms with Gasteiger partial charge in [0.1, 0.15) is 4.21 Å². The lowest BCUT2D eigenvalue weighted by Gasteiger charge is -2.33. The molecule has 1 aliphatic rings. The second-order valence-corrected chi connectivity index (χ2v) is 11.0. The van der Waals surface area contributed by atoms with Crippen LogP contribution >= 0.6 is 22.7 Å². The first kappa shape index (κ1) is 21.1. The van der Waals surface area contributed by atoms with E-state index in [1.54, 1.807) is 17.5 Å². The molecule has 0 saturated carbocycles. The van der Waals surface area contributed by atoms with Crippen LogP contribution in [0.5, 0.6) is 0 Å². The van der Waals surface area contributed by atoms with Gasteiger partial charge in [0.15, 0.2) is 5.13 Å². The summed E-state index contributed by atoms with van der Waals surface area (Å²) in [6, 6.07) is 11.5. The summed E-state index contributed by atoms with van der Waals surface area (Å²) in [6.07, 6.45) is 0. The minimum absolute atomic E-state index is 0.144. The van der Waals surface area contributed by atoms with E-state index >= 15 is 0 Å². The number of thiazole rings is 1. The zero-order valence-corrected chi connectivity index (χ0v) is 18.9. The molecule has 3 aromatic rings. The summed E-state index contributed by atoms with van der Waals surface area (Å²) in [5, 5.41) is 7.10. The van der Waals surface area contributed by atoms with Crippen LogP contribution in [0.1, 0.15) is 5.56 Å². The lowest BCUT2D eigenvalue weighted by atomic mass is 10.1.